The molecule has 0 aliphatic heterocycles. The van der Waals surface area contributed by atoms with Crippen LogP contribution in [-0.4, -0.2) is 33.0 Å². The Morgan fingerprint density at radius 2 is 2.12 bits per heavy atom. The predicted octanol–water partition coefficient (Wildman–Crippen LogP) is 4.11. The summed E-state index contributed by atoms with van der Waals surface area (Å²) in [5.74, 6) is 0.348. The lowest BCUT2D eigenvalue weighted by molar-refractivity contribution is 0.0525. The Balaban J connectivity index is 1.83. The Bertz CT molecular complexity index is 996. The Hall–Kier alpha value is -2.06. The molecule has 0 aliphatic carbocycles. The zero-order valence-electron chi connectivity index (χ0n) is 14.6. The highest BCUT2D eigenvalue weighted by Crippen LogP contribution is 2.33. The van der Waals surface area contributed by atoms with E-state index in [9.17, 15) is 4.79 Å². The van der Waals surface area contributed by atoms with E-state index in [-0.39, 0.29) is 0 Å². The van der Waals surface area contributed by atoms with Gasteiger partial charge in [-0.05, 0) is 48.8 Å². The molecule has 3 N–H and O–H groups in total. The quantitative estimate of drug-likeness (QED) is 0.639. The molecule has 2 aromatic heterocycles. The zero-order chi connectivity index (χ0) is 19.1. The van der Waals surface area contributed by atoms with Crippen LogP contribution < -0.4 is 11.1 Å². The third-order valence-electron chi connectivity index (χ3n) is 3.58. The molecule has 1 aromatic carbocycles. The number of alkyl carbamates (subject to hydrolysis) is 1. The highest BCUT2D eigenvalue weighted by molar-refractivity contribution is 9.10. The van der Waals surface area contributed by atoms with Gasteiger partial charge in [-0.1, -0.05) is 11.6 Å². The number of hydrogen-bond donors (Lipinski definition) is 2. The van der Waals surface area contributed by atoms with E-state index in [0.29, 0.717) is 29.4 Å². The number of carbonyl (C=O) groups excluding carboxylic acids is 1. The summed E-state index contributed by atoms with van der Waals surface area (Å²) in [5.41, 5.74) is 6.85. The number of nitrogens with zero attached hydrogens (tertiary/aromatic N) is 3. The van der Waals surface area contributed by atoms with E-state index >= 15 is 0 Å². The smallest absolute Gasteiger partial charge is 0.407 e. The molecule has 0 saturated heterocycles. The van der Waals surface area contributed by atoms with Crippen molar-refractivity contribution in [3.05, 3.63) is 27.8 Å². The number of nitrogens with two attached hydrogens (primary N) is 1. The first-order valence-electron chi connectivity index (χ1n) is 8.02. The number of aromatic nitrogens is 3. The molecule has 26 heavy (non-hydrogen) atoms. The molecule has 9 heteroatoms. The predicted molar refractivity (Wildman–Crippen MR) is 106 cm³/mol. The largest absolute Gasteiger partial charge is 0.444 e. The minimum atomic E-state index is -0.531. The van der Waals surface area contributed by atoms with Crippen molar-refractivity contribution in [3.63, 3.8) is 0 Å². The highest BCUT2D eigenvalue weighted by atomic mass is 79.9. The van der Waals surface area contributed by atoms with Crippen molar-refractivity contribution in [1.29, 1.82) is 0 Å². The molecule has 0 bridgehead atoms. The number of nitrogens with one attached hydrogen (secondary N) is 1. The number of amides is 1. The maximum atomic E-state index is 11.7. The molecule has 3 aromatic rings. The summed E-state index contributed by atoms with van der Waals surface area (Å²) in [7, 11) is 0. The Morgan fingerprint density at radius 3 is 2.81 bits per heavy atom. The second kappa shape index (κ2) is 6.92. The summed E-state index contributed by atoms with van der Waals surface area (Å²) in [5, 5.41) is 9.49. The van der Waals surface area contributed by atoms with Crippen molar-refractivity contribution in [3.8, 4) is 0 Å². The van der Waals surface area contributed by atoms with Crippen molar-refractivity contribution < 1.29 is 9.53 Å². The minimum absolute atomic E-state index is 0.348. The van der Waals surface area contributed by atoms with E-state index in [1.54, 1.807) is 4.68 Å². The molecule has 0 aliphatic rings. The van der Waals surface area contributed by atoms with Gasteiger partial charge in [0, 0.05) is 28.0 Å². The molecule has 138 valence electrons. The van der Waals surface area contributed by atoms with E-state index in [1.165, 1.54) is 0 Å². The molecule has 2 heterocycles. The van der Waals surface area contributed by atoms with E-state index in [0.717, 1.165) is 20.8 Å². The summed E-state index contributed by atoms with van der Waals surface area (Å²) < 4.78 is 7.68. The second-order valence-electron chi connectivity index (χ2n) is 6.86. The Labute approximate surface area is 164 Å². The van der Waals surface area contributed by atoms with Crippen LogP contribution in [0.15, 0.2) is 22.8 Å². The van der Waals surface area contributed by atoms with Gasteiger partial charge in [0.15, 0.2) is 5.82 Å². The van der Waals surface area contributed by atoms with Crippen LogP contribution in [0.1, 0.15) is 20.8 Å². The fraction of sp³-hybridized carbons (Fsp3) is 0.353. The van der Waals surface area contributed by atoms with Crippen LogP contribution in [0.5, 0.6) is 0 Å². The number of anilines is 1. The normalized spacial score (nSPS) is 11.9. The van der Waals surface area contributed by atoms with Crippen molar-refractivity contribution in [2.45, 2.75) is 32.9 Å². The lowest BCUT2D eigenvalue weighted by Crippen LogP contribution is -2.34. The number of carbonyl (C=O) groups is 1. The first kappa shape index (κ1) is 18.7. The maximum Gasteiger partial charge on any atom is 0.407 e. The van der Waals surface area contributed by atoms with E-state index in [2.05, 4.69) is 31.3 Å². The molecule has 0 fully saturated rings. The van der Waals surface area contributed by atoms with Crippen molar-refractivity contribution >= 4 is 61.2 Å². The van der Waals surface area contributed by atoms with Crippen LogP contribution >= 0.6 is 27.5 Å². The number of nitrogen functional groups attached to an aromatic ring is 1. The molecule has 0 unspecified atom stereocenters. The Morgan fingerprint density at radius 1 is 1.38 bits per heavy atom. The van der Waals surface area contributed by atoms with Crippen LogP contribution in [0.3, 0.4) is 0 Å². The molecule has 1 amide bonds. The first-order chi connectivity index (χ1) is 12.1. The lowest BCUT2D eigenvalue weighted by atomic mass is 10.1. The van der Waals surface area contributed by atoms with E-state index < -0.39 is 11.7 Å². The molecule has 0 saturated carbocycles. The number of rotatable bonds is 3. The monoisotopic (exact) mass is 439 g/mol. The van der Waals surface area contributed by atoms with Gasteiger partial charge >= 0.3 is 6.09 Å². The Kier molecular flexibility index (Phi) is 4.98. The van der Waals surface area contributed by atoms with Crippen molar-refractivity contribution in [2.75, 3.05) is 12.3 Å². The topological polar surface area (TPSA) is 95.1 Å². The molecule has 0 radical (unpaired) electrons. The fourth-order valence-electron chi connectivity index (χ4n) is 2.54. The SMILES string of the molecule is CC(C)(C)OC(=O)NCCn1cc2c(n1)c(N)nc1cc(Br)c(Cl)cc12. The van der Waals surface area contributed by atoms with E-state index in [1.807, 2.05) is 39.1 Å². The van der Waals surface area contributed by atoms with Crippen LogP contribution in [0.2, 0.25) is 5.02 Å². The summed E-state index contributed by atoms with van der Waals surface area (Å²) in [6.45, 7) is 6.30. The van der Waals surface area contributed by atoms with Gasteiger partial charge in [-0.25, -0.2) is 9.78 Å². The summed E-state index contributed by atoms with van der Waals surface area (Å²) in [6.07, 6.45) is 1.41. The van der Waals surface area contributed by atoms with E-state index in [4.69, 9.17) is 22.1 Å². The van der Waals surface area contributed by atoms with Crippen LogP contribution in [0, 0.1) is 0 Å². The van der Waals surface area contributed by atoms with Crippen molar-refractivity contribution in [2.24, 2.45) is 0 Å². The standard InChI is InChI=1S/C17H19BrClN5O2/c1-17(2,3)26-16(25)21-4-5-24-8-10-9-6-12(19)11(18)7-13(9)22-15(20)14(10)23-24/h6-8H,4-5H2,1-3H3,(H2,20,22)(H,21,25). The van der Waals surface area contributed by atoms with Crippen LogP contribution in [0.4, 0.5) is 10.6 Å². The minimum Gasteiger partial charge on any atom is -0.444 e. The van der Waals surface area contributed by atoms with Gasteiger partial charge in [0.2, 0.25) is 0 Å². The van der Waals surface area contributed by atoms with Crippen LogP contribution in [0.25, 0.3) is 21.8 Å². The second-order valence-corrected chi connectivity index (χ2v) is 8.13. The number of pyridine rings is 1. The molecule has 0 atom stereocenters. The zero-order valence-corrected chi connectivity index (χ0v) is 17.0. The van der Waals surface area contributed by atoms with Gasteiger partial charge in [0.1, 0.15) is 11.1 Å². The fourth-order valence-corrected chi connectivity index (χ4v) is 3.03. The number of hydrogen-bond acceptors (Lipinski definition) is 5. The third-order valence-corrected chi connectivity index (χ3v) is 4.78. The van der Waals surface area contributed by atoms with Gasteiger partial charge in [-0.15, -0.1) is 0 Å². The highest BCUT2D eigenvalue weighted by Gasteiger charge is 2.16. The molecular formula is C17H19BrClN5O2. The number of benzene rings is 1. The first-order valence-corrected chi connectivity index (χ1v) is 9.19. The average molecular weight is 441 g/mol. The average Bonchev–Trinajstić information content (AvgIpc) is 2.93. The summed E-state index contributed by atoms with van der Waals surface area (Å²) >= 11 is 9.60. The third kappa shape index (κ3) is 4.02. The number of halogens is 2. The van der Waals surface area contributed by atoms with Gasteiger partial charge in [0.05, 0.1) is 17.1 Å². The summed E-state index contributed by atoms with van der Waals surface area (Å²) in [4.78, 5) is 16.1. The lowest BCUT2D eigenvalue weighted by Gasteiger charge is -2.19. The molecule has 7 nitrogen and oxygen atoms in total. The van der Waals surface area contributed by atoms with Gasteiger partial charge in [0.25, 0.3) is 0 Å². The van der Waals surface area contributed by atoms with Gasteiger partial charge < -0.3 is 15.8 Å². The van der Waals surface area contributed by atoms with Gasteiger partial charge in [-0.2, -0.15) is 5.10 Å². The summed E-state index contributed by atoms with van der Waals surface area (Å²) in [6, 6.07) is 3.66. The molecule has 0 spiro atoms. The van der Waals surface area contributed by atoms with Gasteiger partial charge in [-0.3, -0.25) is 4.68 Å². The molecular weight excluding hydrogens is 422 g/mol. The molecule has 3 rings (SSSR count). The maximum absolute atomic E-state index is 11.7. The number of ether oxygens (including phenoxy) is 1. The number of fused-ring (bicyclic) bond motifs is 3. The van der Waals surface area contributed by atoms with Crippen molar-refractivity contribution in [1.82, 2.24) is 20.1 Å². The van der Waals surface area contributed by atoms with Crippen LogP contribution in [-0.2, 0) is 11.3 Å².